The summed E-state index contributed by atoms with van der Waals surface area (Å²) < 4.78 is 0. The van der Waals surface area contributed by atoms with E-state index in [9.17, 15) is 14.4 Å². The number of aromatic nitrogens is 1. The molecule has 2 heterocycles. The van der Waals surface area contributed by atoms with Crippen LogP contribution in [0.4, 0.5) is 16.5 Å². The van der Waals surface area contributed by atoms with E-state index in [0.717, 1.165) is 16.2 Å². The van der Waals surface area contributed by atoms with Crippen molar-refractivity contribution in [3.8, 4) is 0 Å². The number of benzene rings is 2. The van der Waals surface area contributed by atoms with Crippen molar-refractivity contribution in [1.29, 1.82) is 0 Å². The Morgan fingerprint density at radius 1 is 1.03 bits per heavy atom. The fraction of sp³-hybridized carbons (Fsp3) is 0.0909. The topological polar surface area (TPSA) is 91.4 Å². The van der Waals surface area contributed by atoms with Crippen molar-refractivity contribution >= 4 is 57.2 Å². The van der Waals surface area contributed by atoms with Gasteiger partial charge in [0.1, 0.15) is 10.7 Å². The van der Waals surface area contributed by atoms with Crippen LogP contribution in [0.1, 0.15) is 21.6 Å². The van der Waals surface area contributed by atoms with Crippen LogP contribution >= 0.6 is 22.9 Å². The quantitative estimate of drug-likeness (QED) is 0.558. The first-order valence-corrected chi connectivity index (χ1v) is 10.6. The minimum absolute atomic E-state index is 0.00891. The molecule has 1 aliphatic heterocycles. The van der Waals surface area contributed by atoms with Crippen molar-refractivity contribution in [2.24, 2.45) is 0 Å². The number of para-hydroxylation sites is 1. The Morgan fingerprint density at radius 3 is 2.39 bits per heavy atom. The van der Waals surface area contributed by atoms with Gasteiger partial charge in [-0.05, 0) is 49.7 Å². The summed E-state index contributed by atoms with van der Waals surface area (Å²) in [7, 11) is 0. The van der Waals surface area contributed by atoms with E-state index < -0.39 is 11.8 Å². The smallest absolute Gasteiger partial charge is 0.283 e. The minimum Gasteiger partial charge on any atom is -0.350 e. The number of anilines is 3. The lowest BCUT2D eigenvalue weighted by molar-refractivity contribution is -0.120. The Morgan fingerprint density at radius 2 is 1.74 bits per heavy atom. The van der Waals surface area contributed by atoms with Gasteiger partial charge in [0, 0.05) is 16.6 Å². The zero-order valence-corrected chi connectivity index (χ0v) is 18.2. The van der Waals surface area contributed by atoms with Gasteiger partial charge in [-0.15, -0.1) is 11.3 Å². The van der Waals surface area contributed by atoms with Crippen LogP contribution in [0.25, 0.3) is 0 Å². The van der Waals surface area contributed by atoms with Gasteiger partial charge < -0.3 is 5.32 Å². The highest BCUT2D eigenvalue weighted by Gasteiger charge is 2.39. The zero-order chi connectivity index (χ0) is 22.1. The van der Waals surface area contributed by atoms with E-state index in [0.29, 0.717) is 22.1 Å². The summed E-state index contributed by atoms with van der Waals surface area (Å²) in [4.78, 5) is 43.1. The Balaban J connectivity index is 1.50. The number of halogens is 1. The molecular weight excluding hydrogens is 436 g/mol. The van der Waals surface area contributed by atoms with E-state index in [1.54, 1.807) is 36.4 Å². The molecule has 3 amide bonds. The van der Waals surface area contributed by atoms with Crippen LogP contribution < -0.4 is 15.5 Å². The summed E-state index contributed by atoms with van der Waals surface area (Å²) >= 11 is 7.53. The number of rotatable bonds is 5. The van der Waals surface area contributed by atoms with Crippen LogP contribution in [0, 0.1) is 13.8 Å². The van der Waals surface area contributed by atoms with Gasteiger partial charge in [0.05, 0.1) is 11.4 Å². The van der Waals surface area contributed by atoms with Gasteiger partial charge in [-0.2, -0.15) is 0 Å². The fourth-order valence-corrected chi connectivity index (χ4v) is 3.97. The maximum absolute atomic E-state index is 12.9. The number of carbonyl (C=O) groups excluding carboxylic acids is 3. The number of aryl methyl sites for hydroxylation is 2. The molecule has 0 unspecified atom stereocenters. The third-order valence-corrected chi connectivity index (χ3v) is 5.87. The van der Waals surface area contributed by atoms with E-state index in [1.165, 1.54) is 11.3 Å². The molecule has 0 aliphatic carbocycles. The van der Waals surface area contributed by atoms with Gasteiger partial charge in [0.25, 0.3) is 17.7 Å². The monoisotopic (exact) mass is 452 g/mol. The Kier molecular flexibility index (Phi) is 5.58. The van der Waals surface area contributed by atoms with Crippen molar-refractivity contribution in [2.75, 3.05) is 15.5 Å². The second kappa shape index (κ2) is 8.33. The van der Waals surface area contributed by atoms with E-state index in [1.807, 2.05) is 31.4 Å². The standard InChI is InChI=1S/C22H17ClN4O3S/c1-12-5-3-4-6-16(12)27-20(29)17(23)18(21(27)30)25-15-9-7-14(8-10-15)19(28)26-22-24-13(2)11-31-22/h3-11,25H,1-2H3,(H,24,26,28). The summed E-state index contributed by atoms with van der Waals surface area (Å²) in [5.74, 6) is -1.42. The summed E-state index contributed by atoms with van der Waals surface area (Å²) in [5.41, 5.74) is 3.03. The maximum Gasteiger partial charge on any atom is 0.283 e. The number of imide groups is 1. The van der Waals surface area contributed by atoms with E-state index in [2.05, 4.69) is 15.6 Å². The fourth-order valence-electron chi connectivity index (χ4n) is 3.07. The lowest BCUT2D eigenvalue weighted by atomic mass is 10.2. The van der Waals surface area contributed by atoms with Crippen molar-refractivity contribution in [2.45, 2.75) is 13.8 Å². The van der Waals surface area contributed by atoms with Gasteiger partial charge in [0.2, 0.25) is 0 Å². The van der Waals surface area contributed by atoms with Crippen molar-refractivity contribution in [3.05, 3.63) is 81.5 Å². The summed E-state index contributed by atoms with van der Waals surface area (Å²) in [6.45, 7) is 3.66. The number of nitrogens with zero attached hydrogens (tertiary/aromatic N) is 2. The van der Waals surface area contributed by atoms with E-state index >= 15 is 0 Å². The van der Waals surface area contributed by atoms with E-state index in [-0.39, 0.29) is 16.6 Å². The van der Waals surface area contributed by atoms with Gasteiger partial charge in [0.15, 0.2) is 5.13 Å². The van der Waals surface area contributed by atoms with Crippen molar-refractivity contribution in [3.63, 3.8) is 0 Å². The molecule has 0 saturated heterocycles. The molecule has 2 aromatic carbocycles. The molecule has 156 valence electrons. The largest absolute Gasteiger partial charge is 0.350 e. The average Bonchev–Trinajstić information content (AvgIpc) is 3.25. The molecule has 2 N–H and O–H groups in total. The summed E-state index contributed by atoms with van der Waals surface area (Å²) in [5, 5.41) is 7.82. The number of nitrogens with one attached hydrogen (secondary N) is 2. The first-order chi connectivity index (χ1) is 14.8. The molecule has 1 aliphatic rings. The zero-order valence-electron chi connectivity index (χ0n) is 16.6. The van der Waals surface area contributed by atoms with Crippen LogP contribution in [0.2, 0.25) is 0 Å². The predicted octanol–water partition coefficient (Wildman–Crippen LogP) is 4.45. The lowest BCUT2D eigenvalue weighted by Crippen LogP contribution is -2.32. The van der Waals surface area contributed by atoms with Crippen LogP contribution in [0.15, 0.2) is 64.6 Å². The highest BCUT2D eigenvalue weighted by atomic mass is 35.5. The molecule has 1 aromatic heterocycles. The highest BCUT2D eigenvalue weighted by molar-refractivity contribution is 7.13. The lowest BCUT2D eigenvalue weighted by Gasteiger charge is -2.17. The van der Waals surface area contributed by atoms with Crippen LogP contribution in [0.5, 0.6) is 0 Å². The van der Waals surface area contributed by atoms with Crippen molar-refractivity contribution in [1.82, 2.24) is 4.98 Å². The average molecular weight is 453 g/mol. The number of amides is 3. The highest BCUT2D eigenvalue weighted by Crippen LogP contribution is 2.31. The first kappa shape index (κ1) is 20.8. The normalized spacial score (nSPS) is 13.7. The van der Waals surface area contributed by atoms with E-state index in [4.69, 9.17) is 11.6 Å². The molecule has 0 bridgehead atoms. The third-order valence-electron chi connectivity index (χ3n) is 4.64. The van der Waals surface area contributed by atoms with Gasteiger partial charge in [-0.25, -0.2) is 9.88 Å². The van der Waals surface area contributed by atoms with Crippen LogP contribution in [0.3, 0.4) is 0 Å². The molecule has 9 heteroatoms. The predicted molar refractivity (Wildman–Crippen MR) is 121 cm³/mol. The number of hydrogen-bond donors (Lipinski definition) is 2. The maximum atomic E-state index is 12.9. The number of thiazole rings is 1. The van der Waals surface area contributed by atoms with Gasteiger partial charge in [-0.1, -0.05) is 29.8 Å². The molecule has 31 heavy (non-hydrogen) atoms. The SMILES string of the molecule is Cc1csc(NC(=O)c2ccc(NC3=C(Cl)C(=O)N(c4ccccc4C)C3=O)cc2)n1. The summed E-state index contributed by atoms with van der Waals surface area (Å²) in [6.07, 6.45) is 0. The second-order valence-electron chi connectivity index (χ2n) is 6.87. The Labute approximate surface area is 187 Å². The molecule has 0 radical (unpaired) electrons. The number of hydrogen-bond acceptors (Lipinski definition) is 6. The van der Waals surface area contributed by atoms with Crippen LogP contribution in [-0.2, 0) is 9.59 Å². The van der Waals surface area contributed by atoms with Crippen molar-refractivity contribution < 1.29 is 14.4 Å². The summed E-state index contributed by atoms with van der Waals surface area (Å²) in [6, 6.07) is 13.5. The molecule has 0 atom stereocenters. The molecular formula is C22H17ClN4O3S. The first-order valence-electron chi connectivity index (χ1n) is 9.30. The minimum atomic E-state index is -0.585. The molecule has 7 nitrogen and oxygen atoms in total. The molecule has 0 saturated carbocycles. The molecule has 0 spiro atoms. The molecule has 4 rings (SSSR count). The van der Waals surface area contributed by atoms with Crippen LogP contribution in [-0.4, -0.2) is 22.7 Å². The van der Waals surface area contributed by atoms with Gasteiger partial charge >= 0.3 is 0 Å². The molecule has 0 fully saturated rings. The second-order valence-corrected chi connectivity index (χ2v) is 8.11. The van der Waals surface area contributed by atoms with Gasteiger partial charge in [-0.3, -0.25) is 19.7 Å². The third kappa shape index (κ3) is 4.08. The Bertz CT molecular complexity index is 1230. The Hall–Kier alpha value is -3.49. The number of carbonyl (C=O) groups is 3. The molecule has 3 aromatic rings.